The van der Waals surface area contributed by atoms with Crippen molar-refractivity contribution in [2.45, 2.75) is 33.5 Å². The van der Waals surface area contributed by atoms with Crippen LogP contribution in [0.15, 0.2) is 53.1 Å². The van der Waals surface area contributed by atoms with E-state index in [-0.39, 0.29) is 18.3 Å². The predicted molar refractivity (Wildman–Crippen MR) is 93.3 cm³/mol. The van der Waals surface area contributed by atoms with E-state index in [1.54, 1.807) is 12.1 Å². The Hall–Kier alpha value is -3.02. The molecular formula is C19H21N3O3. The van der Waals surface area contributed by atoms with Crippen LogP contribution in [0, 0.1) is 6.92 Å². The van der Waals surface area contributed by atoms with Gasteiger partial charge >= 0.3 is 0 Å². The van der Waals surface area contributed by atoms with E-state index in [1.165, 1.54) is 0 Å². The molecule has 2 heterocycles. The van der Waals surface area contributed by atoms with Gasteiger partial charge in [0.1, 0.15) is 18.1 Å². The van der Waals surface area contributed by atoms with E-state index in [1.807, 2.05) is 55.1 Å². The van der Waals surface area contributed by atoms with E-state index < -0.39 is 0 Å². The first-order valence-corrected chi connectivity index (χ1v) is 8.23. The molecule has 6 heteroatoms. The highest BCUT2D eigenvalue weighted by Gasteiger charge is 2.12. The zero-order chi connectivity index (χ0) is 17.6. The van der Waals surface area contributed by atoms with Crippen molar-refractivity contribution in [1.29, 1.82) is 0 Å². The number of carbonyl (C=O) groups excluding carboxylic acids is 1. The van der Waals surface area contributed by atoms with Crippen LogP contribution in [-0.2, 0) is 19.7 Å². The SMILES string of the molecule is CCn1ccc(CNC(=O)c2ccc(COc3ccccc3C)o2)n1. The van der Waals surface area contributed by atoms with Crippen molar-refractivity contribution in [3.63, 3.8) is 0 Å². The third-order valence-electron chi connectivity index (χ3n) is 3.80. The molecule has 0 radical (unpaired) electrons. The van der Waals surface area contributed by atoms with Gasteiger partial charge in [-0.05, 0) is 43.7 Å². The number of aromatic nitrogens is 2. The van der Waals surface area contributed by atoms with Crippen molar-refractivity contribution in [1.82, 2.24) is 15.1 Å². The minimum Gasteiger partial charge on any atom is -0.485 e. The van der Waals surface area contributed by atoms with Gasteiger partial charge in [-0.2, -0.15) is 5.10 Å². The van der Waals surface area contributed by atoms with Gasteiger partial charge < -0.3 is 14.5 Å². The topological polar surface area (TPSA) is 69.3 Å². The number of amides is 1. The van der Waals surface area contributed by atoms with Crippen LogP contribution in [0.1, 0.15) is 34.5 Å². The molecule has 0 unspecified atom stereocenters. The monoisotopic (exact) mass is 339 g/mol. The van der Waals surface area contributed by atoms with E-state index >= 15 is 0 Å². The maximum atomic E-state index is 12.2. The smallest absolute Gasteiger partial charge is 0.287 e. The van der Waals surface area contributed by atoms with Crippen LogP contribution < -0.4 is 10.1 Å². The van der Waals surface area contributed by atoms with Crippen molar-refractivity contribution in [3.8, 4) is 5.75 Å². The summed E-state index contributed by atoms with van der Waals surface area (Å²) in [6, 6.07) is 13.0. The Balaban J connectivity index is 1.53. The van der Waals surface area contributed by atoms with Crippen LogP contribution in [0.2, 0.25) is 0 Å². The van der Waals surface area contributed by atoms with E-state index in [2.05, 4.69) is 10.4 Å². The lowest BCUT2D eigenvalue weighted by Gasteiger charge is -2.06. The number of benzene rings is 1. The van der Waals surface area contributed by atoms with Gasteiger partial charge in [0.05, 0.1) is 12.2 Å². The summed E-state index contributed by atoms with van der Waals surface area (Å²) in [5, 5.41) is 7.12. The number of hydrogen-bond donors (Lipinski definition) is 1. The molecule has 0 saturated heterocycles. The molecule has 3 aromatic rings. The summed E-state index contributed by atoms with van der Waals surface area (Å²) in [5.74, 6) is 1.39. The first kappa shape index (κ1) is 16.8. The van der Waals surface area contributed by atoms with Crippen molar-refractivity contribution >= 4 is 5.91 Å². The summed E-state index contributed by atoms with van der Waals surface area (Å²) in [4.78, 5) is 12.2. The highest BCUT2D eigenvalue weighted by Crippen LogP contribution is 2.18. The Morgan fingerprint density at radius 2 is 2.08 bits per heavy atom. The highest BCUT2D eigenvalue weighted by atomic mass is 16.5. The van der Waals surface area contributed by atoms with Crippen molar-refractivity contribution < 1.29 is 13.9 Å². The Kier molecular flexibility index (Phi) is 5.18. The lowest BCUT2D eigenvalue weighted by atomic mass is 10.2. The van der Waals surface area contributed by atoms with Gasteiger partial charge in [0, 0.05) is 12.7 Å². The minimum atomic E-state index is -0.270. The molecule has 25 heavy (non-hydrogen) atoms. The molecule has 6 nitrogen and oxygen atoms in total. The van der Waals surface area contributed by atoms with Crippen LogP contribution >= 0.6 is 0 Å². The highest BCUT2D eigenvalue weighted by molar-refractivity contribution is 5.91. The molecule has 1 N–H and O–H groups in total. The van der Waals surface area contributed by atoms with Gasteiger partial charge in [0.2, 0.25) is 0 Å². The number of furan rings is 1. The van der Waals surface area contributed by atoms with Gasteiger partial charge in [-0.15, -0.1) is 0 Å². The molecule has 0 saturated carbocycles. The molecule has 1 aromatic carbocycles. The summed E-state index contributed by atoms with van der Waals surface area (Å²) in [6.07, 6.45) is 1.88. The van der Waals surface area contributed by atoms with Crippen LogP contribution in [0.4, 0.5) is 0 Å². The van der Waals surface area contributed by atoms with Gasteiger partial charge in [-0.25, -0.2) is 0 Å². The standard InChI is InChI=1S/C19H21N3O3/c1-3-22-11-10-15(21-22)12-20-19(23)18-9-8-16(25-18)13-24-17-7-5-4-6-14(17)2/h4-11H,3,12-13H2,1-2H3,(H,20,23). The second-order valence-corrected chi connectivity index (χ2v) is 5.67. The predicted octanol–water partition coefficient (Wildman–Crippen LogP) is 3.31. The van der Waals surface area contributed by atoms with E-state index in [0.717, 1.165) is 23.6 Å². The van der Waals surface area contributed by atoms with Crippen LogP contribution in [0.5, 0.6) is 5.75 Å². The molecule has 0 aliphatic heterocycles. The normalized spacial score (nSPS) is 10.6. The average molecular weight is 339 g/mol. The fourth-order valence-corrected chi connectivity index (χ4v) is 2.38. The molecule has 2 aromatic heterocycles. The summed E-state index contributed by atoms with van der Waals surface area (Å²) >= 11 is 0. The largest absolute Gasteiger partial charge is 0.485 e. The number of rotatable bonds is 7. The number of aryl methyl sites for hydroxylation is 2. The molecule has 0 bridgehead atoms. The fourth-order valence-electron chi connectivity index (χ4n) is 2.38. The quantitative estimate of drug-likeness (QED) is 0.717. The molecule has 0 aliphatic carbocycles. The Labute approximate surface area is 146 Å². The number of carbonyl (C=O) groups is 1. The first-order chi connectivity index (χ1) is 12.2. The third kappa shape index (κ3) is 4.29. The van der Waals surface area contributed by atoms with Crippen molar-refractivity contribution in [2.75, 3.05) is 0 Å². The summed E-state index contributed by atoms with van der Waals surface area (Å²) in [7, 11) is 0. The Bertz CT molecular complexity index is 851. The molecule has 1 amide bonds. The third-order valence-corrected chi connectivity index (χ3v) is 3.80. The van der Waals surface area contributed by atoms with Crippen LogP contribution in [-0.4, -0.2) is 15.7 Å². The summed E-state index contributed by atoms with van der Waals surface area (Å²) < 4.78 is 13.1. The maximum absolute atomic E-state index is 12.2. The van der Waals surface area contributed by atoms with Gasteiger partial charge in [0.25, 0.3) is 5.91 Å². The molecular weight excluding hydrogens is 318 g/mol. The fraction of sp³-hybridized carbons (Fsp3) is 0.263. The number of nitrogens with one attached hydrogen (secondary N) is 1. The molecule has 0 aliphatic rings. The summed E-state index contributed by atoms with van der Waals surface area (Å²) in [5.41, 5.74) is 1.86. The second-order valence-electron chi connectivity index (χ2n) is 5.67. The lowest BCUT2D eigenvalue weighted by molar-refractivity contribution is 0.0918. The lowest BCUT2D eigenvalue weighted by Crippen LogP contribution is -2.22. The zero-order valence-electron chi connectivity index (χ0n) is 14.4. The first-order valence-electron chi connectivity index (χ1n) is 8.23. The minimum absolute atomic E-state index is 0.262. The van der Waals surface area contributed by atoms with Crippen LogP contribution in [0.3, 0.4) is 0 Å². The second kappa shape index (κ2) is 7.70. The molecule has 0 fully saturated rings. The number of ether oxygens (including phenoxy) is 1. The van der Waals surface area contributed by atoms with Gasteiger partial charge in [0.15, 0.2) is 5.76 Å². The van der Waals surface area contributed by atoms with Crippen LogP contribution in [0.25, 0.3) is 0 Å². The molecule has 3 rings (SSSR count). The number of para-hydroxylation sites is 1. The van der Waals surface area contributed by atoms with Crippen molar-refractivity contribution in [2.24, 2.45) is 0 Å². The van der Waals surface area contributed by atoms with Crippen molar-refractivity contribution in [3.05, 3.63) is 71.4 Å². The molecule has 130 valence electrons. The van der Waals surface area contributed by atoms with Gasteiger partial charge in [-0.3, -0.25) is 9.48 Å². The number of hydrogen-bond acceptors (Lipinski definition) is 4. The van der Waals surface area contributed by atoms with E-state index in [0.29, 0.717) is 12.3 Å². The Morgan fingerprint density at radius 3 is 2.84 bits per heavy atom. The molecule has 0 spiro atoms. The Morgan fingerprint density at radius 1 is 1.24 bits per heavy atom. The van der Waals surface area contributed by atoms with Gasteiger partial charge in [-0.1, -0.05) is 18.2 Å². The molecule has 0 atom stereocenters. The van der Waals surface area contributed by atoms with E-state index in [9.17, 15) is 4.79 Å². The van der Waals surface area contributed by atoms with E-state index in [4.69, 9.17) is 9.15 Å². The zero-order valence-corrected chi connectivity index (χ0v) is 14.4. The number of nitrogens with zero attached hydrogens (tertiary/aromatic N) is 2. The maximum Gasteiger partial charge on any atom is 0.287 e. The average Bonchev–Trinajstić information content (AvgIpc) is 3.28. The summed E-state index contributed by atoms with van der Waals surface area (Å²) in [6.45, 7) is 5.44.